The molecule has 172 valence electrons. The molecule has 0 spiro atoms. The number of likely N-dealkylation sites (N-methyl/N-ethyl adjacent to an activating group) is 1. The van der Waals surface area contributed by atoms with E-state index in [1.54, 1.807) is 7.11 Å². The van der Waals surface area contributed by atoms with Crippen LogP contribution in [0.1, 0.15) is 43.7 Å². The Labute approximate surface area is 186 Å². The second kappa shape index (κ2) is 9.99. The number of hydrogen-bond donors (Lipinski definition) is 1. The van der Waals surface area contributed by atoms with Crippen molar-refractivity contribution in [3.8, 4) is 0 Å². The van der Waals surface area contributed by atoms with Crippen molar-refractivity contribution < 1.29 is 19.0 Å². The number of nitrogens with one attached hydrogen (secondary N) is 1. The third kappa shape index (κ3) is 4.54. The van der Waals surface area contributed by atoms with E-state index in [1.807, 2.05) is 0 Å². The van der Waals surface area contributed by atoms with Crippen LogP contribution in [0.4, 0.5) is 5.69 Å². The zero-order valence-corrected chi connectivity index (χ0v) is 19.3. The highest BCUT2D eigenvalue weighted by Crippen LogP contribution is 2.57. The van der Waals surface area contributed by atoms with Crippen LogP contribution in [0.3, 0.4) is 0 Å². The summed E-state index contributed by atoms with van der Waals surface area (Å²) in [5.41, 5.74) is 4.13. The van der Waals surface area contributed by atoms with Crippen LogP contribution in [0.5, 0.6) is 0 Å². The lowest BCUT2D eigenvalue weighted by Gasteiger charge is -2.61. The summed E-state index contributed by atoms with van der Waals surface area (Å²) in [4.78, 5) is 15.0. The standard InChI is InChI=1S/C25H38N2O4/c1-18-16-27(2)23-14-19-7-8-20(15-22(19)25(18)9-5-4-6-21(23)25)26-24(28)17-31-13-12-30-11-10-29-3/h7-8,15,18,21,23H,4-6,9-14,16-17H2,1-3H3,(H,26,28)/t18?,21-,23+,25+/m0/s1. The molecule has 0 radical (unpaired) electrons. The molecule has 1 N–H and O–H groups in total. The van der Waals surface area contributed by atoms with Gasteiger partial charge in [-0.05, 0) is 61.4 Å². The molecule has 2 fully saturated rings. The highest BCUT2D eigenvalue weighted by Gasteiger charge is 2.56. The van der Waals surface area contributed by atoms with Crippen molar-refractivity contribution in [3.63, 3.8) is 0 Å². The number of piperidine rings is 1. The van der Waals surface area contributed by atoms with E-state index in [0.29, 0.717) is 38.4 Å². The van der Waals surface area contributed by atoms with Crippen LogP contribution in [0.15, 0.2) is 18.2 Å². The van der Waals surface area contributed by atoms with Crippen LogP contribution in [-0.2, 0) is 30.8 Å². The summed E-state index contributed by atoms with van der Waals surface area (Å²) < 4.78 is 15.7. The van der Waals surface area contributed by atoms with Crippen LogP contribution in [0, 0.1) is 11.8 Å². The second-order valence-electron chi connectivity index (χ2n) is 9.58. The molecule has 2 aliphatic carbocycles. The van der Waals surface area contributed by atoms with Gasteiger partial charge in [-0.1, -0.05) is 25.8 Å². The number of likely N-dealkylation sites (tertiary alicyclic amines) is 1. The maximum Gasteiger partial charge on any atom is 0.250 e. The fourth-order valence-electron chi connectivity index (χ4n) is 6.52. The Morgan fingerprint density at radius 3 is 2.84 bits per heavy atom. The number of amides is 1. The number of carbonyl (C=O) groups excluding carboxylic acids is 1. The Morgan fingerprint density at radius 2 is 2.00 bits per heavy atom. The third-order valence-electron chi connectivity index (χ3n) is 7.85. The van der Waals surface area contributed by atoms with Crippen LogP contribution < -0.4 is 5.32 Å². The number of methoxy groups -OCH3 is 1. The van der Waals surface area contributed by atoms with Gasteiger partial charge in [0.15, 0.2) is 0 Å². The number of fused-ring (bicyclic) bond motifs is 1. The first-order valence-electron chi connectivity index (χ1n) is 11.8. The third-order valence-corrected chi connectivity index (χ3v) is 7.85. The lowest BCUT2D eigenvalue weighted by molar-refractivity contribution is -0.121. The highest BCUT2D eigenvalue weighted by molar-refractivity contribution is 5.91. The number of nitrogens with zero attached hydrogens (tertiary/aromatic N) is 1. The van der Waals surface area contributed by atoms with Crippen molar-refractivity contribution >= 4 is 11.6 Å². The van der Waals surface area contributed by atoms with Crippen LogP contribution in [-0.4, -0.2) is 70.6 Å². The summed E-state index contributed by atoms with van der Waals surface area (Å²) in [6, 6.07) is 7.24. The molecule has 1 heterocycles. The van der Waals surface area contributed by atoms with Crippen molar-refractivity contribution in [1.29, 1.82) is 0 Å². The van der Waals surface area contributed by atoms with Gasteiger partial charge in [0.05, 0.1) is 26.4 Å². The minimum Gasteiger partial charge on any atom is -0.382 e. The Bertz CT molecular complexity index is 770. The van der Waals surface area contributed by atoms with Gasteiger partial charge in [0.2, 0.25) is 5.91 Å². The fraction of sp³-hybridized carbons (Fsp3) is 0.720. The fourth-order valence-corrected chi connectivity index (χ4v) is 6.52. The predicted octanol–water partition coefficient (Wildman–Crippen LogP) is 3.24. The Balaban J connectivity index is 1.42. The van der Waals surface area contributed by atoms with E-state index < -0.39 is 0 Å². The van der Waals surface area contributed by atoms with E-state index in [0.717, 1.165) is 24.6 Å². The van der Waals surface area contributed by atoms with Gasteiger partial charge in [-0.3, -0.25) is 4.79 Å². The number of anilines is 1. The minimum absolute atomic E-state index is 0.0434. The first-order valence-corrected chi connectivity index (χ1v) is 11.8. The second-order valence-corrected chi connectivity index (χ2v) is 9.58. The maximum atomic E-state index is 12.4. The summed E-state index contributed by atoms with van der Waals surface area (Å²) >= 11 is 0. The molecule has 2 bridgehead atoms. The van der Waals surface area contributed by atoms with Gasteiger partial charge in [0.25, 0.3) is 0 Å². The molecule has 1 amide bonds. The van der Waals surface area contributed by atoms with Gasteiger partial charge in [0.1, 0.15) is 6.61 Å². The number of carbonyl (C=O) groups is 1. The quantitative estimate of drug-likeness (QED) is 0.610. The van der Waals surface area contributed by atoms with E-state index in [2.05, 4.69) is 42.4 Å². The summed E-state index contributed by atoms with van der Waals surface area (Å²) in [5.74, 6) is 1.25. The molecule has 6 heteroatoms. The molecule has 6 nitrogen and oxygen atoms in total. The van der Waals surface area contributed by atoms with Crippen molar-refractivity contribution in [2.75, 3.05) is 59.1 Å². The van der Waals surface area contributed by atoms with E-state index in [9.17, 15) is 4.79 Å². The Morgan fingerprint density at radius 1 is 1.19 bits per heavy atom. The maximum absolute atomic E-state index is 12.4. The number of hydrogen-bond acceptors (Lipinski definition) is 5. The number of ether oxygens (including phenoxy) is 3. The molecule has 1 saturated heterocycles. The summed E-state index contributed by atoms with van der Waals surface area (Å²) in [6.07, 6.45) is 6.40. The summed E-state index contributed by atoms with van der Waals surface area (Å²) in [6.45, 7) is 5.62. The van der Waals surface area contributed by atoms with Gasteiger partial charge < -0.3 is 24.4 Å². The van der Waals surface area contributed by atoms with Gasteiger partial charge in [-0.25, -0.2) is 0 Å². The summed E-state index contributed by atoms with van der Waals surface area (Å²) in [5, 5.41) is 3.06. The van der Waals surface area contributed by atoms with E-state index in [1.165, 1.54) is 36.8 Å². The molecule has 4 atom stereocenters. The van der Waals surface area contributed by atoms with Gasteiger partial charge in [0, 0.05) is 30.8 Å². The zero-order chi connectivity index (χ0) is 21.8. The molecule has 31 heavy (non-hydrogen) atoms. The normalized spacial score (nSPS) is 29.8. The Kier molecular flexibility index (Phi) is 7.32. The van der Waals surface area contributed by atoms with Crippen LogP contribution in [0.25, 0.3) is 0 Å². The molecule has 1 aromatic rings. The Hall–Kier alpha value is -1.47. The number of rotatable bonds is 9. The molecule has 1 saturated carbocycles. The smallest absolute Gasteiger partial charge is 0.250 e. The van der Waals surface area contributed by atoms with Crippen molar-refractivity contribution in [1.82, 2.24) is 4.90 Å². The monoisotopic (exact) mass is 430 g/mol. The zero-order valence-electron chi connectivity index (χ0n) is 19.3. The predicted molar refractivity (Wildman–Crippen MR) is 122 cm³/mol. The topological polar surface area (TPSA) is 60.0 Å². The molecule has 0 aromatic heterocycles. The number of benzene rings is 1. The minimum atomic E-state index is -0.111. The van der Waals surface area contributed by atoms with Crippen molar-refractivity contribution in [2.45, 2.75) is 50.5 Å². The van der Waals surface area contributed by atoms with Crippen LogP contribution >= 0.6 is 0 Å². The van der Waals surface area contributed by atoms with Crippen molar-refractivity contribution in [2.24, 2.45) is 11.8 Å². The molecule has 1 aromatic carbocycles. The van der Waals surface area contributed by atoms with E-state index >= 15 is 0 Å². The lowest BCUT2D eigenvalue weighted by Crippen LogP contribution is -2.63. The molecule has 1 aliphatic heterocycles. The van der Waals surface area contributed by atoms with E-state index in [-0.39, 0.29) is 17.9 Å². The molecular formula is C25H38N2O4. The van der Waals surface area contributed by atoms with Crippen LogP contribution in [0.2, 0.25) is 0 Å². The first-order chi connectivity index (χ1) is 15.1. The van der Waals surface area contributed by atoms with Gasteiger partial charge >= 0.3 is 0 Å². The molecular weight excluding hydrogens is 392 g/mol. The molecule has 1 unspecified atom stereocenters. The highest BCUT2D eigenvalue weighted by atomic mass is 16.5. The molecule has 3 aliphatic rings. The van der Waals surface area contributed by atoms with E-state index in [4.69, 9.17) is 14.2 Å². The first kappa shape index (κ1) is 22.7. The lowest BCUT2D eigenvalue weighted by atomic mass is 9.49. The van der Waals surface area contributed by atoms with Crippen molar-refractivity contribution in [3.05, 3.63) is 29.3 Å². The average Bonchev–Trinajstić information content (AvgIpc) is 2.77. The molecule has 4 rings (SSSR count). The van der Waals surface area contributed by atoms with Gasteiger partial charge in [-0.2, -0.15) is 0 Å². The average molecular weight is 431 g/mol. The van der Waals surface area contributed by atoms with Gasteiger partial charge in [-0.15, -0.1) is 0 Å². The SMILES string of the molecule is COCCOCCOCC(=O)Nc1ccc2c(c1)[C@@]13CCCC[C@H]1[C@@H](C2)N(C)CC3C. The summed E-state index contributed by atoms with van der Waals surface area (Å²) in [7, 11) is 3.95. The largest absolute Gasteiger partial charge is 0.382 e.